The first-order valence-electron chi connectivity index (χ1n) is 5.85. The van der Waals surface area contributed by atoms with Crippen LogP contribution in [0.2, 0.25) is 5.15 Å². The number of carbonyl (C=O) groups excluding carboxylic acids is 1. The van der Waals surface area contributed by atoms with E-state index in [0.717, 1.165) is 23.2 Å². The molecule has 3 nitrogen and oxygen atoms in total. The fraction of sp³-hybridized carbons (Fsp3) is 0.286. The molecule has 2 rings (SSSR count). The highest BCUT2D eigenvalue weighted by molar-refractivity contribution is 6.32. The number of hydrogen-bond donors (Lipinski definition) is 0. The molecule has 18 heavy (non-hydrogen) atoms. The summed E-state index contributed by atoms with van der Waals surface area (Å²) in [6.45, 7) is 5.99. The van der Waals surface area contributed by atoms with Gasteiger partial charge in [0.2, 0.25) is 0 Å². The van der Waals surface area contributed by atoms with Gasteiger partial charge in [-0.2, -0.15) is 5.10 Å². The maximum absolute atomic E-state index is 11.1. The summed E-state index contributed by atoms with van der Waals surface area (Å²) < 4.78 is 1.62. The highest BCUT2D eigenvalue weighted by Crippen LogP contribution is 2.27. The van der Waals surface area contributed by atoms with Crippen LogP contribution in [0.15, 0.2) is 24.3 Å². The average molecular weight is 263 g/mol. The van der Waals surface area contributed by atoms with Crippen LogP contribution in [0, 0.1) is 6.92 Å². The normalized spacial score (nSPS) is 10.9. The van der Waals surface area contributed by atoms with Gasteiger partial charge in [-0.15, -0.1) is 0 Å². The van der Waals surface area contributed by atoms with E-state index in [1.807, 2.05) is 45.0 Å². The second-order valence-electron chi connectivity index (χ2n) is 4.61. The topological polar surface area (TPSA) is 34.9 Å². The zero-order chi connectivity index (χ0) is 13.3. The van der Waals surface area contributed by atoms with Crippen LogP contribution in [0.3, 0.4) is 0 Å². The highest BCUT2D eigenvalue weighted by Gasteiger charge is 2.18. The summed E-state index contributed by atoms with van der Waals surface area (Å²) in [5.41, 5.74) is 3.21. The van der Waals surface area contributed by atoms with Gasteiger partial charge in [-0.1, -0.05) is 37.6 Å². The Hall–Kier alpha value is -1.61. The van der Waals surface area contributed by atoms with Crippen LogP contribution in [0.5, 0.6) is 0 Å². The summed E-state index contributed by atoms with van der Waals surface area (Å²) in [6.07, 6.45) is 0.775. The first kappa shape index (κ1) is 12.8. The van der Waals surface area contributed by atoms with E-state index in [0.29, 0.717) is 10.7 Å². The van der Waals surface area contributed by atoms with Crippen molar-refractivity contribution >= 4 is 17.9 Å². The molecule has 0 unspecified atom stereocenters. The second kappa shape index (κ2) is 4.94. The van der Waals surface area contributed by atoms with Crippen molar-refractivity contribution in [2.45, 2.75) is 26.7 Å². The second-order valence-corrected chi connectivity index (χ2v) is 4.97. The Morgan fingerprint density at radius 3 is 2.61 bits per heavy atom. The first-order valence-corrected chi connectivity index (χ1v) is 6.23. The van der Waals surface area contributed by atoms with E-state index in [1.165, 1.54) is 0 Å². The van der Waals surface area contributed by atoms with Crippen LogP contribution in [0.25, 0.3) is 5.69 Å². The predicted molar refractivity (Wildman–Crippen MR) is 72.8 cm³/mol. The number of benzene rings is 1. The van der Waals surface area contributed by atoms with E-state index in [2.05, 4.69) is 5.10 Å². The molecule has 0 bridgehead atoms. The summed E-state index contributed by atoms with van der Waals surface area (Å²) in [6, 6.07) is 7.85. The van der Waals surface area contributed by atoms with Crippen LogP contribution in [0.4, 0.5) is 0 Å². The SMILES string of the molecule is Cc1cccc(-n2nc(C(C)C)c(C=O)c2Cl)c1. The number of aromatic nitrogens is 2. The fourth-order valence-electron chi connectivity index (χ4n) is 1.89. The molecule has 1 aromatic carbocycles. The van der Waals surface area contributed by atoms with Gasteiger partial charge in [0, 0.05) is 0 Å². The van der Waals surface area contributed by atoms with E-state index in [9.17, 15) is 4.79 Å². The van der Waals surface area contributed by atoms with Crippen molar-refractivity contribution in [1.82, 2.24) is 9.78 Å². The molecule has 2 aromatic rings. The summed E-state index contributed by atoms with van der Waals surface area (Å²) >= 11 is 6.23. The van der Waals surface area contributed by atoms with Gasteiger partial charge >= 0.3 is 0 Å². The van der Waals surface area contributed by atoms with Crippen molar-refractivity contribution in [1.29, 1.82) is 0 Å². The Labute approximate surface area is 111 Å². The molecule has 0 spiro atoms. The molecule has 94 valence electrons. The molecule has 0 fully saturated rings. The Kier molecular flexibility index (Phi) is 3.53. The number of aryl methyl sites for hydroxylation is 1. The van der Waals surface area contributed by atoms with Gasteiger partial charge in [-0.3, -0.25) is 4.79 Å². The molecule has 0 atom stereocenters. The summed E-state index contributed by atoms with van der Waals surface area (Å²) in [7, 11) is 0. The lowest BCUT2D eigenvalue weighted by Crippen LogP contribution is -1.98. The van der Waals surface area contributed by atoms with Gasteiger partial charge in [-0.05, 0) is 30.5 Å². The highest BCUT2D eigenvalue weighted by atomic mass is 35.5. The van der Waals surface area contributed by atoms with Crippen molar-refractivity contribution in [3.63, 3.8) is 0 Å². The van der Waals surface area contributed by atoms with Crippen LogP contribution in [-0.2, 0) is 0 Å². The van der Waals surface area contributed by atoms with Crippen LogP contribution < -0.4 is 0 Å². The molecular weight excluding hydrogens is 248 g/mol. The van der Waals surface area contributed by atoms with Crippen LogP contribution >= 0.6 is 11.6 Å². The van der Waals surface area contributed by atoms with Gasteiger partial charge < -0.3 is 0 Å². The number of rotatable bonds is 3. The smallest absolute Gasteiger partial charge is 0.155 e. The molecule has 1 heterocycles. The van der Waals surface area contributed by atoms with Crippen molar-refractivity contribution in [2.75, 3.05) is 0 Å². The van der Waals surface area contributed by atoms with Gasteiger partial charge in [0.15, 0.2) is 6.29 Å². The third-order valence-corrected chi connectivity index (χ3v) is 3.17. The van der Waals surface area contributed by atoms with Crippen LogP contribution in [0.1, 0.15) is 41.4 Å². The summed E-state index contributed by atoms with van der Waals surface area (Å²) in [4.78, 5) is 11.1. The predicted octanol–water partition coefficient (Wildman–Crippen LogP) is 3.77. The zero-order valence-electron chi connectivity index (χ0n) is 10.6. The number of halogens is 1. The molecule has 1 aromatic heterocycles. The van der Waals surface area contributed by atoms with E-state index >= 15 is 0 Å². The third kappa shape index (κ3) is 2.18. The quantitative estimate of drug-likeness (QED) is 0.789. The Morgan fingerprint density at radius 1 is 1.39 bits per heavy atom. The first-order chi connectivity index (χ1) is 8.54. The molecular formula is C14H15ClN2O. The lowest BCUT2D eigenvalue weighted by Gasteiger charge is -2.04. The minimum absolute atomic E-state index is 0.161. The van der Waals surface area contributed by atoms with Gasteiger partial charge in [0.1, 0.15) is 5.15 Å². The Morgan fingerprint density at radius 2 is 2.11 bits per heavy atom. The standard InChI is InChI=1S/C14H15ClN2O/c1-9(2)13-12(8-18)14(15)17(16-13)11-6-4-5-10(3)7-11/h4-9H,1-3H3. The summed E-state index contributed by atoms with van der Waals surface area (Å²) in [5, 5.41) is 4.82. The number of nitrogens with zero attached hydrogens (tertiary/aromatic N) is 2. The van der Waals surface area contributed by atoms with E-state index in [-0.39, 0.29) is 5.92 Å². The summed E-state index contributed by atoms with van der Waals surface area (Å²) in [5.74, 6) is 0.161. The lowest BCUT2D eigenvalue weighted by atomic mass is 10.1. The number of hydrogen-bond acceptors (Lipinski definition) is 2. The van der Waals surface area contributed by atoms with Crippen molar-refractivity contribution in [3.8, 4) is 5.69 Å². The molecule has 0 saturated heterocycles. The molecule has 0 N–H and O–H groups in total. The molecule has 0 amide bonds. The Balaban J connectivity index is 2.62. The Bertz CT molecular complexity index is 587. The number of carbonyl (C=O) groups is 1. The minimum atomic E-state index is 0.161. The maximum Gasteiger partial charge on any atom is 0.155 e. The number of aldehydes is 1. The van der Waals surface area contributed by atoms with E-state index < -0.39 is 0 Å². The van der Waals surface area contributed by atoms with Gasteiger partial charge in [0.25, 0.3) is 0 Å². The van der Waals surface area contributed by atoms with Gasteiger partial charge in [0.05, 0.1) is 16.9 Å². The molecule has 0 aliphatic rings. The van der Waals surface area contributed by atoms with Crippen molar-refractivity contribution < 1.29 is 4.79 Å². The fourth-order valence-corrected chi connectivity index (χ4v) is 2.17. The molecule has 0 aliphatic carbocycles. The third-order valence-electron chi connectivity index (χ3n) is 2.80. The van der Waals surface area contributed by atoms with E-state index in [4.69, 9.17) is 11.6 Å². The van der Waals surface area contributed by atoms with Gasteiger partial charge in [-0.25, -0.2) is 4.68 Å². The molecule has 0 aliphatic heterocycles. The van der Waals surface area contributed by atoms with Crippen molar-refractivity contribution in [3.05, 3.63) is 46.2 Å². The van der Waals surface area contributed by atoms with Crippen LogP contribution in [-0.4, -0.2) is 16.1 Å². The maximum atomic E-state index is 11.1. The minimum Gasteiger partial charge on any atom is -0.298 e. The lowest BCUT2D eigenvalue weighted by molar-refractivity contribution is 0.112. The van der Waals surface area contributed by atoms with E-state index in [1.54, 1.807) is 4.68 Å². The van der Waals surface area contributed by atoms with Crippen molar-refractivity contribution in [2.24, 2.45) is 0 Å². The molecule has 4 heteroatoms. The molecule has 0 saturated carbocycles. The monoisotopic (exact) mass is 262 g/mol. The largest absolute Gasteiger partial charge is 0.298 e. The molecule has 0 radical (unpaired) electrons. The average Bonchev–Trinajstić information content (AvgIpc) is 2.66. The zero-order valence-corrected chi connectivity index (χ0v) is 11.4.